The molecule has 2 unspecified atom stereocenters. The fraction of sp³-hybridized carbons (Fsp3) is 0.400. The van der Waals surface area contributed by atoms with Crippen LogP contribution < -0.4 is 5.32 Å². The molecule has 2 heterocycles. The van der Waals surface area contributed by atoms with Crippen LogP contribution in [0.4, 0.5) is 30.7 Å². The highest BCUT2D eigenvalue weighted by Crippen LogP contribution is 2.51. The molecule has 6 nitrogen and oxygen atoms in total. The topological polar surface area (TPSA) is 71.0 Å². The molecule has 0 radical (unpaired) electrons. The molecule has 2 amide bonds. The Hall–Kier alpha value is -3.35. The first kappa shape index (κ1) is 28.7. The van der Waals surface area contributed by atoms with E-state index < -0.39 is 58.3 Å². The first-order valence-electron chi connectivity index (χ1n) is 11.7. The van der Waals surface area contributed by atoms with Crippen molar-refractivity contribution in [2.75, 3.05) is 13.1 Å². The quantitative estimate of drug-likeness (QED) is 0.460. The number of nitrogens with zero attached hydrogens (tertiary/aromatic N) is 2. The van der Waals surface area contributed by atoms with Gasteiger partial charge in [-0.25, -0.2) is 4.39 Å². The van der Waals surface area contributed by atoms with Crippen LogP contribution >= 0.6 is 11.6 Å². The van der Waals surface area contributed by atoms with Crippen LogP contribution in [0.2, 0.25) is 5.02 Å². The molecule has 0 bridgehead atoms. The molecule has 0 aliphatic carbocycles. The lowest BCUT2D eigenvalue weighted by atomic mass is 9.85. The molecule has 2 aromatic carbocycles. The van der Waals surface area contributed by atoms with Gasteiger partial charge in [0.15, 0.2) is 0 Å². The maximum atomic E-state index is 14.8. The zero-order valence-electron chi connectivity index (χ0n) is 20.4. The van der Waals surface area contributed by atoms with Gasteiger partial charge < -0.3 is 15.1 Å². The van der Waals surface area contributed by atoms with E-state index in [0.717, 1.165) is 0 Å². The fourth-order valence-electron chi connectivity index (χ4n) is 4.60. The maximum absolute atomic E-state index is 14.8. The van der Waals surface area contributed by atoms with Crippen LogP contribution in [0, 0.1) is 12.7 Å². The highest BCUT2D eigenvalue weighted by molar-refractivity contribution is 6.30. The number of nitrogens with one attached hydrogen (secondary N) is 1. The van der Waals surface area contributed by atoms with E-state index in [1.54, 1.807) is 4.90 Å². The van der Waals surface area contributed by atoms with E-state index >= 15 is 0 Å². The SMILES string of the molecule is CCN1CCC(NC(=O)c2ccc(C3=NOC(c4cc(C(F)(F)F)cc(Cl)c4F)(C(F)(F)F)C3)cc2C)C1=O. The van der Waals surface area contributed by atoms with E-state index in [1.807, 2.05) is 6.92 Å². The van der Waals surface area contributed by atoms with Crippen molar-refractivity contribution in [2.24, 2.45) is 5.16 Å². The second-order valence-electron chi connectivity index (χ2n) is 9.21. The standard InChI is InChI=1S/C25H21ClF7N3O3/c1-3-36-7-6-18(22(36)38)34-21(37)15-5-4-13(8-12(15)2)19-11-23(39-35-19,25(31,32)33)16-9-14(24(28,29)30)10-17(26)20(16)27/h4-5,8-10,18H,3,6-7,11H2,1-2H3,(H,34,37). The molecular weight excluding hydrogens is 559 g/mol. The Morgan fingerprint density at radius 1 is 1.21 bits per heavy atom. The van der Waals surface area contributed by atoms with Gasteiger partial charge in [-0.1, -0.05) is 22.8 Å². The monoisotopic (exact) mass is 579 g/mol. The Morgan fingerprint density at radius 3 is 2.46 bits per heavy atom. The van der Waals surface area contributed by atoms with Crippen molar-refractivity contribution >= 4 is 29.1 Å². The van der Waals surface area contributed by atoms with E-state index in [2.05, 4.69) is 15.3 Å². The summed E-state index contributed by atoms with van der Waals surface area (Å²) in [4.78, 5) is 31.3. The van der Waals surface area contributed by atoms with Crippen LogP contribution in [0.15, 0.2) is 35.5 Å². The number of aryl methyl sites for hydroxylation is 1. The maximum Gasteiger partial charge on any atom is 0.435 e. The van der Waals surface area contributed by atoms with Crippen LogP contribution in [0.5, 0.6) is 0 Å². The van der Waals surface area contributed by atoms with Crippen molar-refractivity contribution in [3.8, 4) is 0 Å². The predicted molar refractivity (Wildman–Crippen MR) is 126 cm³/mol. The van der Waals surface area contributed by atoms with Gasteiger partial charge in [-0.3, -0.25) is 9.59 Å². The summed E-state index contributed by atoms with van der Waals surface area (Å²) in [5.74, 6) is -2.50. The van der Waals surface area contributed by atoms with E-state index in [0.29, 0.717) is 25.1 Å². The lowest BCUT2D eigenvalue weighted by Crippen LogP contribution is -2.43. The van der Waals surface area contributed by atoms with Gasteiger partial charge in [0.25, 0.3) is 11.5 Å². The lowest BCUT2D eigenvalue weighted by Gasteiger charge is -2.30. The number of hydrogen-bond acceptors (Lipinski definition) is 4. The summed E-state index contributed by atoms with van der Waals surface area (Å²) >= 11 is 5.53. The highest BCUT2D eigenvalue weighted by Gasteiger charge is 2.64. The van der Waals surface area contributed by atoms with Crippen molar-refractivity contribution in [3.05, 3.63) is 69.0 Å². The Labute approximate surface area is 222 Å². The van der Waals surface area contributed by atoms with Gasteiger partial charge in [-0.2, -0.15) is 26.3 Å². The summed E-state index contributed by atoms with van der Waals surface area (Å²) in [7, 11) is 0. The third-order valence-corrected chi connectivity index (χ3v) is 7.04. The van der Waals surface area contributed by atoms with Crippen LogP contribution in [-0.4, -0.2) is 47.7 Å². The van der Waals surface area contributed by atoms with E-state index in [4.69, 9.17) is 11.6 Å². The number of likely N-dealkylation sites (tertiary alicyclic amines) is 1. The third-order valence-electron chi connectivity index (χ3n) is 6.77. The van der Waals surface area contributed by atoms with Crippen molar-refractivity contribution in [1.82, 2.24) is 10.2 Å². The van der Waals surface area contributed by atoms with Gasteiger partial charge in [0.2, 0.25) is 5.91 Å². The third kappa shape index (κ3) is 5.15. The molecule has 2 aliphatic rings. The Bertz CT molecular complexity index is 1360. The Morgan fingerprint density at radius 2 is 1.90 bits per heavy atom. The molecule has 1 saturated heterocycles. The minimum Gasteiger partial charge on any atom is -0.374 e. The lowest BCUT2D eigenvalue weighted by molar-refractivity contribution is -0.276. The number of carbonyl (C=O) groups is 2. The van der Waals surface area contributed by atoms with Gasteiger partial charge in [-0.15, -0.1) is 0 Å². The van der Waals surface area contributed by atoms with Gasteiger partial charge in [0.1, 0.15) is 11.9 Å². The molecule has 39 heavy (non-hydrogen) atoms. The van der Waals surface area contributed by atoms with Crippen molar-refractivity contribution in [2.45, 2.75) is 50.7 Å². The van der Waals surface area contributed by atoms with Crippen molar-refractivity contribution in [1.29, 1.82) is 0 Å². The van der Waals surface area contributed by atoms with Crippen molar-refractivity contribution in [3.63, 3.8) is 0 Å². The second-order valence-corrected chi connectivity index (χ2v) is 9.62. The Balaban J connectivity index is 1.62. The normalized spacial score (nSPS) is 21.7. The molecule has 2 atom stereocenters. The fourth-order valence-corrected chi connectivity index (χ4v) is 4.82. The summed E-state index contributed by atoms with van der Waals surface area (Å²) in [6.07, 6.45) is -11.2. The molecule has 0 saturated carbocycles. The number of rotatable bonds is 5. The molecular formula is C25H21ClF7N3O3. The highest BCUT2D eigenvalue weighted by atomic mass is 35.5. The molecule has 2 aliphatic heterocycles. The number of carbonyl (C=O) groups excluding carboxylic acids is 2. The smallest absolute Gasteiger partial charge is 0.374 e. The molecule has 14 heteroatoms. The van der Waals surface area contributed by atoms with Crippen LogP contribution in [-0.2, 0) is 21.4 Å². The second kappa shape index (κ2) is 10.00. The minimum absolute atomic E-state index is 0.00975. The van der Waals surface area contributed by atoms with E-state index in [-0.39, 0.29) is 34.9 Å². The first-order valence-corrected chi connectivity index (χ1v) is 12.1. The molecule has 210 valence electrons. The van der Waals surface area contributed by atoms with Crippen molar-refractivity contribution < 1.29 is 45.2 Å². The van der Waals surface area contributed by atoms with Gasteiger partial charge in [0, 0.05) is 24.2 Å². The molecule has 1 fully saturated rings. The number of oxime groups is 1. The first-order chi connectivity index (χ1) is 18.1. The van der Waals surface area contributed by atoms with E-state index in [9.17, 15) is 40.3 Å². The summed E-state index contributed by atoms with van der Waals surface area (Å²) in [5, 5.41) is 4.93. The zero-order chi connectivity index (χ0) is 28.9. The summed E-state index contributed by atoms with van der Waals surface area (Å²) in [5.41, 5.74) is -6.40. The number of amides is 2. The average molecular weight is 580 g/mol. The van der Waals surface area contributed by atoms with Gasteiger partial charge >= 0.3 is 12.4 Å². The van der Waals surface area contributed by atoms with Crippen LogP contribution in [0.1, 0.15) is 52.4 Å². The molecule has 1 N–H and O–H groups in total. The number of likely N-dealkylation sites (N-methyl/N-ethyl adjacent to an activating group) is 1. The summed E-state index contributed by atoms with van der Waals surface area (Å²) in [6, 6.07) is 3.43. The zero-order valence-corrected chi connectivity index (χ0v) is 21.2. The molecule has 4 rings (SSSR count). The molecule has 0 aromatic heterocycles. The number of alkyl halides is 6. The van der Waals surface area contributed by atoms with Gasteiger partial charge in [0.05, 0.1) is 22.7 Å². The molecule has 2 aromatic rings. The van der Waals surface area contributed by atoms with Gasteiger partial charge in [-0.05, 0) is 55.7 Å². The van der Waals surface area contributed by atoms with Crippen LogP contribution in [0.25, 0.3) is 0 Å². The van der Waals surface area contributed by atoms with Crippen LogP contribution in [0.3, 0.4) is 0 Å². The molecule has 0 spiro atoms. The minimum atomic E-state index is -5.39. The average Bonchev–Trinajstić information content (AvgIpc) is 3.44. The summed E-state index contributed by atoms with van der Waals surface area (Å²) < 4.78 is 97.5. The Kier molecular flexibility index (Phi) is 7.34. The predicted octanol–water partition coefficient (Wildman–Crippen LogP) is 5.74. The largest absolute Gasteiger partial charge is 0.435 e. The van der Waals surface area contributed by atoms with E-state index in [1.165, 1.54) is 25.1 Å². The number of halogens is 8. The number of benzene rings is 2. The summed E-state index contributed by atoms with van der Waals surface area (Å²) in [6.45, 7) is 4.31. The number of hydrogen-bond donors (Lipinski definition) is 1.